The van der Waals surface area contributed by atoms with Gasteiger partial charge in [-0.15, -0.1) is 0 Å². The molecule has 0 unspecified atom stereocenters. The highest BCUT2D eigenvalue weighted by Gasteiger charge is 2.18. The molecular formula is C21H25ClN2O2. The van der Waals surface area contributed by atoms with Crippen molar-refractivity contribution in [3.63, 3.8) is 0 Å². The molecule has 3 rings (SSSR count). The summed E-state index contributed by atoms with van der Waals surface area (Å²) in [7, 11) is 0. The Labute approximate surface area is 160 Å². The number of nitrogens with one attached hydrogen (secondary N) is 1. The quantitative estimate of drug-likeness (QED) is 0.847. The van der Waals surface area contributed by atoms with Gasteiger partial charge in [-0.05, 0) is 41.3 Å². The lowest BCUT2D eigenvalue weighted by Gasteiger charge is -2.30. The van der Waals surface area contributed by atoms with E-state index in [9.17, 15) is 4.79 Å². The van der Waals surface area contributed by atoms with Crippen LogP contribution in [0, 0.1) is 0 Å². The minimum atomic E-state index is -0.137. The van der Waals surface area contributed by atoms with E-state index in [1.807, 2.05) is 36.4 Å². The first-order chi connectivity index (χ1) is 12.3. The van der Waals surface area contributed by atoms with Crippen LogP contribution in [0.5, 0.6) is 0 Å². The third-order valence-electron chi connectivity index (χ3n) is 4.57. The number of carbonyl (C=O) groups is 1. The molecule has 1 N–H and O–H groups in total. The number of ether oxygens (including phenoxy) is 1. The van der Waals surface area contributed by atoms with Gasteiger partial charge in [0.05, 0.1) is 24.6 Å². The number of hydrogen-bond acceptors (Lipinski definition) is 3. The highest BCUT2D eigenvalue weighted by atomic mass is 35.5. The van der Waals surface area contributed by atoms with Crippen LogP contribution in [0.2, 0.25) is 5.02 Å². The number of morpholine rings is 1. The van der Waals surface area contributed by atoms with Crippen molar-refractivity contribution in [2.24, 2.45) is 0 Å². The zero-order chi connectivity index (χ0) is 18.7. The number of benzene rings is 2. The van der Waals surface area contributed by atoms with Gasteiger partial charge in [0.2, 0.25) is 0 Å². The SMILES string of the molecule is CC(C)(C)c1ccc(C(=O)Nc2cc(Cl)ccc2N2CCOCC2)cc1. The molecule has 1 fully saturated rings. The summed E-state index contributed by atoms with van der Waals surface area (Å²) in [5.41, 5.74) is 3.59. The van der Waals surface area contributed by atoms with Crippen molar-refractivity contribution in [3.05, 3.63) is 58.6 Å². The molecule has 4 nitrogen and oxygen atoms in total. The molecule has 1 aliphatic rings. The number of nitrogens with zero attached hydrogens (tertiary/aromatic N) is 1. The van der Waals surface area contributed by atoms with Gasteiger partial charge in [-0.3, -0.25) is 4.79 Å². The number of amides is 1. The molecule has 0 atom stereocenters. The van der Waals surface area contributed by atoms with Gasteiger partial charge in [-0.25, -0.2) is 0 Å². The van der Waals surface area contributed by atoms with Crippen LogP contribution in [0.15, 0.2) is 42.5 Å². The van der Waals surface area contributed by atoms with Gasteiger partial charge in [0.1, 0.15) is 0 Å². The van der Waals surface area contributed by atoms with E-state index < -0.39 is 0 Å². The van der Waals surface area contributed by atoms with E-state index in [2.05, 4.69) is 31.0 Å². The van der Waals surface area contributed by atoms with Crippen LogP contribution in [0.4, 0.5) is 11.4 Å². The average Bonchev–Trinajstić information content (AvgIpc) is 2.62. The lowest BCUT2D eigenvalue weighted by atomic mass is 9.87. The second kappa shape index (κ2) is 7.68. The fourth-order valence-corrected chi connectivity index (χ4v) is 3.18. The van der Waals surface area contributed by atoms with Crippen LogP contribution < -0.4 is 10.2 Å². The Morgan fingerprint density at radius 1 is 1.08 bits per heavy atom. The zero-order valence-electron chi connectivity index (χ0n) is 15.5. The maximum Gasteiger partial charge on any atom is 0.255 e. The van der Waals surface area contributed by atoms with Crippen molar-refractivity contribution in [1.29, 1.82) is 0 Å². The van der Waals surface area contributed by atoms with E-state index in [1.54, 1.807) is 6.07 Å². The Kier molecular flexibility index (Phi) is 5.54. The highest BCUT2D eigenvalue weighted by Crippen LogP contribution is 2.30. The van der Waals surface area contributed by atoms with Gasteiger partial charge in [-0.1, -0.05) is 44.5 Å². The molecule has 0 spiro atoms. The summed E-state index contributed by atoms with van der Waals surface area (Å²) in [6.45, 7) is 9.43. The summed E-state index contributed by atoms with van der Waals surface area (Å²) in [6.07, 6.45) is 0. The zero-order valence-corrected chi connectivity index (χ0v) is 16.3. The van der Waals surface area contributed by atoms with E-state index in [1.165, 1.54) is 5.56 Å². The predicted octanol–water partition coefficient (Wildman–Crippen LogP) is 4.73. The molecule has 1 heterocycles. The van der Waals surface area contributed by atoms with Crippen LogP contribution in [-0.2, 0) is 10.2 Å². The lowest BCUT2D eigenvalue weighted by molar-refractivity contribution is 0.102. The molecule has 0 aromatic heterocycles. The van der Waals surface area contributed by atoms with Crippen LogP contribution in [0.1, 0.15) is 36.7 Å². The van der Waals surface area contributed by atoms with Gasteiger partial charge in [0, 0.05) is 23.7 Å². The van der Waals surface area contributed by atoms with Crippen molar-refractivity contribution in [3.8, 4) is 0 Å². The number of carbonyl (C=O) groups excluding carboxylic acids is 1. The smallest absolute Gasteiger partial charge is 0.255 e. The van der Waals surface area contributed by atoms with Crippen LogP contribution in [0.25, 0.3) is 0 Å². The average molecular weight is 373 g/mol. The second-order valence-corrected chi connectivity index (χ2v) is 7.98. The summed E-state index contributed by atoms with van der Waals surface area (Å²) in [6, 6.07) is 13.4. The van der Waals surface area contributed by atoms with Crippen molar-refractivity contribution in [1.82, 2.24) is 0 Å². The molecule has 138 valence electrons. The van der Waals surface area contributed by atoms with Gasteiger partial charge in [-0.2, -0.15) is 0 Å². The summed E-state index contributed by atoms with van der Waals surface area (Å²) < 4.78 is 5.42. The molecule has 5 heteroatoms. The van der Waals surface area contributed by atoms with Crippen molar-refractivity contribution >= 4 is 28.9 Å². The van der Waals surface area contributed by atoms with E-state index in [0.29, 0.717) is 23.8 Å². The second-order valence-electron chi connectivity index (χ2n) is 7.54. The molecule has 1 amide bonds. The summed E-state index contributed by atoms with van der Waals surface area (Å²) in [5.74, 6) is -0.137. The molecule has 0 bridgehead atoms. The topological polar surface area (TPSA) is 41.6 Å². The predicted molar refractivity (Wildman–Crippen MR) is 108 cm³/mol. The van der Waals surface area contributed by atoms with Gasteiger partial charge in [0.25, 0.3) is 5.91 Å². The molecule has 1 saturated heterocycles. The lowest BCUT2D eigenvalue weighted by Crippen LogP contribution is -2.36. The van der Waals surface area contributed by atoms with Gasteiger partial charge >= 0.3 is 0 Å². The van der Waals surface area contributed by atoms with E-state index >= 15 is 0 Å². The van der Waals surface area contributed by atoms with E-state index in [-0.39, 0.29) is 11.3 Å². The summed E-state index contributed by atoms with van der Waals surface area (Å²) >= 11 is 6.16. The Bertz CT molecular complexity index is 776. The van der Waals surface area contributed by atoms with E-state index in [0.717, 1.165) is 24.5 Å². The van der Waals surface area contributed by atoms with Gasteiger partial charge < -0.3 is 15.0 Å². The first kappa shape index (κ1) is 18.7. The normalized spacial score (nSPS) is 15.0. The minimum Gasteiger partial charge on any atom is -0.378 e. The summed E-state index contributed by atoms with van der Waals surface area (Å²) in [5, 5.41) is 3.61. The summed E-state index contributed by atoms with van der Waals surface area (Å²) in [4.78, 5) is 14.9. The monoisotopic (exact) mass is 372 g/mol. The Balaban J connectivity index is 1.81. The highest BCUT2D eigenvalue weighted by molar-refractivity contribution is 6.31. The fourth-order valence-electron chi connectivity index (χ4n) is 3.00. The molecule has 0 saturated carbocycles. The number of anilines is 2. The third-order valence-corrected chi connectivity index (χ3v) is 4.81. The molecule has 0 aliphatic carbocycles. The standard InChI is InChI=1S/C21H25ClN2O2/c1-21(2,3)16-6-4-15(5-7-16)20(25)23-18-14-17(22)8-9-19(18)24-10-12-26-13-11-24/h4-9,14H,10-13H2,1-3H3,(H,23,25). The van der Waals surface area contributed by atoms with Gasteiger partial charge in [0.15, 0.2) is 0 Å². The van der Waals surface area contributed by atoms with Crippen molar-refractivity contribution in [2.45, 2.75) is 26.2 Å². The van der Waals surface area contributed by atoms with Crippen LogP contribution in [0.3, 0.4) is 0 Å². The minimum absolute atomic E-state index is 0.0610. The molecule has 26 heavy (non-hydrogen) atoms. The number of rotatable bonds is 3. The Morgan fingerprint density at radius 3 is 2.35 bits per heavy atom. The number of hydrogen-bond donors (Lipinski definition) is 1. The van der Waals surface area contributed by atoms with Crippen molar-refractivity contribution < 1.29 is 9.53 Å². The molecule has 2 aromatic carbocycles. The Hall–Kier alpha value is -2.04. The largest absolute Gasteiger partial charge is 0.378 e. The molecule has 1 aliphatic heterocycles. The van der Waals surface area contributed by atoms with Crippen molar-refractivity contribution in [2.75, 3.05) is 36.5 Å². The third kappa shape index (κ3) is 4.37. The number of halogens is 1. The maximum absolute atomic E-state index is 12.7. The molecular weight excluding hydrogens is 348 g/mol. The maximum atomic E-state index is 12.7. The van der Waals surface area contributed by atoms with Crippen LogP contribution >= 0.6 is 11.6 Å². The van der Waals surface area contributed by atoms with E-state index in [4.69, 9.17) is 16.3 Å². The fraction of sp³-hybridized carbons (Fsp3) is 0.381. The Morgan fingerprint density at radius 2 is 1.73 bits per heavy atom. The molecule has 2 aromatic rings. The van der Waals surface area contributed by atoms with Crippen LogP contribution in [-0.4, -0.2) is 32.2 Å². The first-order valence-electron chi connectivity index (χ1n) is 8.89. The first-order valence-corrected chi connectivity index (χ1v) is 9.26. The molecule has 0 radical (unpaired) electrons.